The van der Waals surface area contributed by atoms with E-state index in [4.69, 9.17) is 0 Å². The fourth-order valence-electron chi connectivity index (χ4n) is 1.94. The van der Waals surface area contributed by atoms with Crippen LogP contribution in [0.25, 0.3) is 0 Å². The molecular weight excluding hydrogens is 288 g/mol. The van der Waals surface area contributed by atoms with Crippen molar-refractivity contribution in [3.05, 3.63) is 47.3 Å². The Hall–Kier alpha value is -1.70. The lowest BCUT2D eigenvalue weighted by molar-refractivity contribution is 0.580. The van der Waals surface area contributed by atoms with Crippen LogP contribution >= 0.6 is 0 Å². The molecule has 114 valence electrons. The smallest absolute Gasteiger partial charge is 0.241 e. The third kappa shape index (κ3) is 4.13. The highest BCUT2D eigenvalue weighted by molar-refractivity contribution is 7.89. The zero-order valence-corrected chi connectivity index (χ0v) is 13.0. The van der Waals surface area contributed by atoms with Crippen LogP contribution in [0.3, 0.4) is 0 Å². The van der Waals surface area contributed by atoms with Gasteiger partial charge in [-0.15, -0.1) is 0 Å². The van der Waals surface area contributed by atoms with Gasteiger partial charge in [-0.2, -0.15) is 5.10 Å². The minimum atomic E-state index is -3.53. The van der Waals surface area contributed by atoms with Crippen molar-refractivity contribution in [2.75, 3.05) is 6.54 Å². The van der Waals surface area contributed by atoms with Crippen molar-refractivity contribution >= 4 is 10.0 Å². The van der Waals surface area contributed by atoms with E-state index in [2.05, 4.69) is 20.2 Å². The van der Waals surface area contributed by atoms with Crippen LogP contribution in [0.4, 0.5) is 0 Å². The number of aromatic amines is 1. The number of H-pyrrole nitrogens is 1. The Balaban J connectivity index is 2.17. The molecule has 0 aliphatic rings. The standard InChI is InChI=1S/C14H20N4O2S/c1-3-15-7-12-5-4-11(2)14(6-12)21(19,20)18-10-13-8-16-17-9-13/h4-6,8-9,15,18H,3,7,10H2,1-2H3,(H,16,17). The van der Waals surface area contributed by atoms with Gasteiger partial charge >= 0.3 is 0 Å². The topological polar surface area (TPSA) is 86.9 Å². The fourth-order valence-corrected chi connectivity index (χ4v) is 3.25. The summed E-state index contributed by atoms with van der Waals surface area (Å²) >= 11 is 0. The monoisotopic (exact) mass is 308 g/mol. The molecule has 1 aromatic carbocycles. The van der Waals surface area contributed by atoms with Crippen molar-refractivity contribution in [2.24, 2.45) is 0 Å². The van der Waals surface area contributed by atoms with Crippen molar-refractivity contribution in [3.63, 3.8) is 0 Å². The maximum atomic E-state index is 12.4. The zero-order chi connectivity index (χ0) is 15.3. The summed E-state index contributed by atoms with van der Waals surface area (Å²) in [5.74, 6) is 0. The minimum absolute atomic E-state index is 0.218. The Morgan fingerprint density at radius 1 is 1.24 bits per heavy atom. The van der Waals surface area contributed by atoms with Crippen LogP contribution in [-0.4, -0.2) is 25.2 Å². The second-order valence-corrected chi connectivity index (χ2v) is 6.55. The van der Waals surface area contributed by atoms with Gasteiger partial charge in [0, 0.05) is 24.8 Å². The Morgan fingerprint density at radius 3 is 2.71 bits per heavy atom. The van der Waals surface area contributed by atoms with E-state index in [1.807, 2.05) is 19.1 Å². The van der Waals surface area contributed by atoms with E-state index in [0.29, 0.717) is 11.4 Å². The Kier molecular flexibility index (Phi) is 5.11. The molecule has 1 heterocycles. The number of aromatic nitrogens is 2. The van der Waals surface area contributed by atoms with Gasteiger partial charge in [0.2, 0.25) is 10.0 Å². The number of aryl methyl sites for hydroxylation is 1. The SMILES string of the molecule is CCNCc1ccc(C)c(S(=O)(=O)NCc2cn[nH]c2)c1. The predicted octanol–water partition coefficient (Wildman–Crippen LogP) is 1.31. The molecule has 2 rings (SSSR count). The first kappa shape index (κ1) is 15.7. The van der Waals surface area contributed by atoms with E-state index in [9.17, 15) is 8.42 Å². The second-order valence-electron chi connectivity index (χ2n) is 4.81. The normalized spacial score (nSPS) is 11.7. The fraction of sp³-hybridized carbons (Fsp3) is 0.357. The molecule has 3 N–H and O–H groups in total. The van der Waals surface area contributed by atoms with E-state index in [-0.39, 0.29) is 6.54 Å². The minimum Gasteiger partial charge on any atom is -0.313 e. The van der Waals surface area contributed by atoms with Gasteiger partial charge in [-0.25, -0.2) is 13.1 Å². The lowest BCUT2D eigenvalue weighted by Gasteiger charge is -2.11. The van der Waals surface area contributed by atoms with Crippen molar-refractivity contribution in [1.29, 1.82) is 0 Å². The highest BCUT2D eigenvalue weighted by atomic mass is 32.2. The summed E-state index contributed by atoms with van der Waals surface area (Å²) in [7, 11) is -3.53. The van der Waals surface area contributed by atoms with Gasteiger partial charge in [0.15, 0.2) is 0 Å². The number of nitrogens with zero attached hydrogens (tertiary/aromatic N) is 1. The molecule has 0 bridgehead atoms. The lowest BCUT2D eigenvalue weighted by Crippen LogP contribution is -2.24. The van der Waals surface area contributed by atoms with Gasteiger partial charge in [-0.05, 0) is 30.7 Å². The molecule has 0 spiro atoms. The molecule has 0 radical (unpaired) electrons. The summed E-state index contributed by atoms with van der Waals surface area (Å²) in [4.78, 5) is 0.321. The van der Waals surface area contributed by atoms with Crippen LogP contribution in [0.2, 0.25) is 0 Å². The van der Waals surface area contributed by atoms with Crippen molar-refractivity contribution < 1.29 is 8.42 Å². The number of nitrogens with one attached hydrogen (secondary N) is 3. The Bertz CT molecular complexity index is 681. The summed E-state index contributed by atoms with van der Waals surface area (Å²) in [6.07, 6.45) is 3.26. The molecule has 6 nitrogen and oxygen atoms in total. The third-order valence-electron chi connectivity index (χ3n) is 3.14. The molecule has 21 heavy (non-hydrogen) atoms. The molecule has 0 saturated carbocycles. The van der Waals surface area contributed by atoms with Crippen molar-refractivity contribution in [3.8, 4) is 0 Å². The van der Waals surface area contributed by atoms with Gasteiger partial charge in [-0.3, -0.25) is 5.10 Å². The van der Waals surface area contributed by atoms with Crippen LogP contribution in [0, 0.1) is 6.92 Å². The van der Waals surface area contributed by atoms with E-state index >= 15 is 0 Å². The highest BCUT2D eigenvalue weighted by Gasteiger charge is 2.17. The average Bonchev–Trinajstić information content (AvgIpc) is 2.97. The van der Waals surface area contributed by atoms with Crippen LogP contribution in [0.1, 0.15) is 23.6 Å². The molecule has 0 aliphatic carbocycles. The maximum absolute atomic E-state index is 12.4. The predicted molar refractivity (Wildman–Crippen MR) is 81.2 cm³/mol. The second kappa shape index (κ2) is 6.84. The number of sulfonamides is 1. The molecule has 7 heteroatoms. The first-order valence-corrected chi connectivity index (χ1v) is 8.29. The van der Waals surface area contributed by atoms with Gasteiger partial charge < -0.3 is 5.32 Å². The summed E-state index contributed by atoms with van der Waals surface area (Å²) in [6.45, 7) is 5.52. The molecule has 0 amide bonds. The lowest BCUT2D eigenvalue weighted by atomic mass is 10.1. The molecular formula is C14H20N4O2S. The van der Waals surface area contributed by atoms with E-state index in [1.165, 1.54) is 0 Å². The summed E-state index contributed by atoms with van der Waals surface area (Å²) in [5, 5.41) is 9.64. The number of hydrogen-bond donors (Lipinski definition) is 3. The molecule has 0 fully saturated rings. The molecule has 0 aliphatic heterocycles. The number of rotatable bonds is 7. The Morgan fingerprint density at radius 2 is 2.05 bits per heavy atom. The first-order chi connectivity index (χ1) is 10.0. The van der Waals surface area contributed by atoms with Crippen LogP contribution in [-0.2, 0) is 23.1 Å². The summed E-state index contributed by atoms with van der Waals surface area (Å²) in [5.41, 5.74) is 2.47. The van der Waals surface area contributed by atoms with Gasteiger partial charge in [0.1, 0.15) is 0 Å². The largest absolute Gasteiger partial charge is 0.313 e. The first-order valence-electron chi connectivity index (χ1n) is 6.80. The third-order valence-corrected chi connectivity index (χ3v) is 4.69. The number of hydrogen-bond acceptors (Lipinski definition) is 4. The number of benzene rings is 1. The summed E-state index contributed by atoms with van der Waals surface area (Å²) < 4.78 is 27.4. The molecule has 2 aromatic rings. The maximum Gasteiger partial charge on any atom is 0.241 e. The molecule has 0 atom stereocenters. The molecule has 0 saturated heterocycles. The van der Waals surface area contributed by atoms with Crippen LogP contribution < -0.4 is 10.0 Å². The average molecular weight is 308 g/mol. The van der Waals surface area contributed by atoms with E-state index in [0.717, 1.165) is 23.2 Å². The van der Waals surface area contributed by atoms with Crippen LogP contribution in [0.5, 0.6) is 0 Å². The quantitative estimate of drug-likeness (QED) is 0.719. The highest BCUT2D eigenvalue weighted by Crippen LogP contribution is 2.17. The van der Waals surface area contributed by atoms with Gasteiger partial charge in [0.05, 0.1) is 11.1 Å². The summed E-state index contributed by atoms with van der Waals surface area (Å²) in [6, 6.07) is 5.49. The molecule has 0 unspecified atom stereocenters. The van der Waals surface area contributed by atoms with Crippen molar-refractivity contribution in [1.82, 2.24) is 20.2 Å². The Labute approximate surface area is 125 Å². The van der Waals surface area contributed by atoms with E-state index in [1.54, 1.807) is 25.4 Å². The van der Waals surface area contributed by atoms with E-state index < -0.39 is 10.0 Å². The van der Waals surface area contributed by atoms with Gasteiger partial charge in [0.25, 0.3) is 0 Å². The van der Waals surface area contributed by atoms with Gasteiger partial charge in [-0.1, -0.05) is 19.1 Å². The molecule has 1 aromatic heterocycles. The van der Waals surface area contributed by atoms with Crippen molar-refractivity contribution in [2.45, 2.75) is 31.8 Å². The zero-order valence-electron chi connectivity index (χ0n) is 12.2. The van der Waals surface area contributed by atoms with Crippen LogP contribution in [0.15, 0.2) is 35.5 Å².